The van der Waals surface area contributed by atoms with Crippen LogP contribution in [0.2, 0.25) is 0 Å². The van der Waals surface area contributed by atoms with Crippen molar-refractivity contribution in [2.75, 3.05) is 31.3 Å². The number of nitrogens with zero attached hydrogens (tertiary/aromatic N) is 2. The topological polar surface area (TPSA) is 78.9 Å². The van der Waals surface area contributed by atoms with Crippen molar-refractivity contribution in [1.82, 2.24) is 15.3 Å². The predicted octanol–water partition coefficient (Wildman–Crippen LogP) is 1.33. The van der Waals surface area contributed by atoms with E-state index in [9.17, 15) is 4.79 Å². The summed E-state index contributed by atoms with van der Waals surface area (Å²) in [5.41, 5.74) is 0.972. The van der Waals surface area contributed by atoms with Crippen molar-refractivity contribution in [2.24, 2.45) is 0 Å². The van der Waals surface area contributed by atoms with Gasteiger partial charge in [-0.05, 0) is 13.3 Å². The number of carbonyl (C=O) groups excluding carboxylic acids is 1. The van der Waals surface area contributed by atoms with Gasteiger partial charge in [-0.25, -0.2) is 9.97 Å². The van der Waals surface area contributed by atoms with E-state index in [-0.39, 0.29) is 5.91 Å². The number of anilines is 2. The molecule has 0 bridgehead atoms. The fourth-order valence-corrected chi connectivity index (χ4v) is 1.73. The first-order chi connectivity index (χ1) is 9.12. The molecule has 0 radical (unpaired) electrons. The van der Waals surface area contributed by atoms with Gasteiger partial charge in [0.05, 0.1) is 0 Å². The second-order valence-corrected chi connectivity index (χ2v) is 4.31. The minimum Gasteiger partial charge on any atom is -0.373 e. The van der Waals surface area contributed by atoms with Crippen molar-refractivity contribution in [2.45, 2.75) is 33.1 Å². The van der Waals surface area contributed by atoms with E-state index in [0.29, 0.717) is 13.0 Å². The van der Waals surface area contributed by atoms with Gasteiger partial charge in [0, 0.05) is 39.0 Å². The molecule has 106 valence electrons. The van der Waals surface area contributed by atoms with E-state index in [2.05, 4.69) is 32.8 Å². The Morgan fingerprint density at radius 1 is 1.21 bits per heavy atom. The maximum Gasteiger partial charge on any atom is 0.221 e. The molecule has 0 saturated heterocycles. The first-order valence-corrected chi connectivity index (χ1v) is 6.62. The highest BCUT2D eigenvalue weighted by Gasteiger charge is 2.09. The molecule has 1 aromatic rings. The summed E-state index contributed by atoms with van der Waals surface area (Å²) in [6, 6.07) is 0. The number of hydrogen-bond acceptors (Lipinski definition) is 5. The summed E-state index contributed by atoms with van der Waals surface area (Å²) < 4.78 is 0. The Morgan fingerprint density at radius 2 is 1.89 bits per heavy atom. The van der Waals surface area contributed by atoms with Crippen LogP contribution < -0.4 is 16.0 Å². The monoisotopic (exact) mass is 265 g/mol. The number of aryl methyl sites for hydroxylation is 1. The van der Waals surface area contributed by atoms with Crippen LogP contribution in [0.5, 0.6) is 0 Å². The average molecular weight is 265 g/mol. The third kappa shape index (κ3) is 4.39. The lowest BCUT2D eigenvalue weighted by molar-refractivity contribution is -0.120. The third-order valence-electron chi connectivity index (χ3n) is 2.83. The van der Waals surface area contributed by atoms with E-state index >= 15 is 0 Å². The number of amides is 1. The van der Waals surface area contributed by atoms with Gasteiger partial charge >= 0.3 is 0 Å². The van der Waals surface area contributed by atoms with Crippen molar-refractivity contribution < 1.29 is 4.79 Å². The second-order valence-electron chi connectivity index (χ2n) is 4.31. The Labute approximate surface area is 114 Å². The van der Waals surface area contributed by atoms with E-state index in [1.807, 2.05) is 14.0 Å². The summed E-state index contributed by atoms with van der Waals surface area (Å²) in [5, 5.41) is 8.87. The maximum absolute atomic E-state index is 11.2. The summed E-state index contributed by atoms with van der Waals surface area (Å²) in [6.07, 6.45) is 2.28. The highest BCUT2D eigenvalue weighted by molar-refractivity contribution is 5.76. The number of rotatable bonds is 7. The molecule has 0 aliphatic carbocycles. The van der Waals surface area contributed by atoms with Crippen LogP contribution in [0.1, 0.15) is 31.2 Å². The normalized spacial score (nSPS) is 10.1. The molecular weight excluding hydrogens is 242 g/mol. The SMILES string of the molecule is CCCc1nc(NC)c(C)c(NCCC(=O)NC)n1. The highest BCUT2D eigenvalue weighted by atomic mass is 16.1. The molecule has 0 fully saturated rings. The number of nitrogens with one attached hydrogen (secondary N) is 3. The van der Waals surface area contributed by atoms with Crippen LogP contribution in [-0.4, -0.2) is 36.5 Å². The minimum absolute atomic E-state index is 0.0156. The molecule has 3 N–H and O–H groups in total. The lowest BCUT2D eigenvalue weighted by Crippen LogP contribution is -2.21. The first kappa shape index (κ1) is 15.2. The lowest BCUT2D eigenvalue weighted by atomic mass is 10.2. The van der Waals surface area contributed by atoms with Crippen LogP contribution >= 0.6 is 0 Å². The Hall–Kier alpha value is -1.85. The zero-order valence-corrected chi connectivity index (χ0v) is 12.1. The summed E-state index contributed by atoms with van der Waals surface area (Å²) in [5.74, 6) is 2.47. The van der Waals surface area contributed by atoms with Gasteiger partial charge in [-0.3, -0.25) is 4.79 Å². The molecule has 0 aliphatic rings. The van der Waals surface area contributed by atoms with Gasteiger partial charge in [-0.2, -0.15) is 0 Å². The molecule has 0 aromatic carbocycles. The summed E-state index contributed by atoms with van der Waals surface area (Å²) in [6.45, 7) is 4.62. The van der Waals surface area contributed by atoms with Crippen molar-refractivity contribution in [3.05, 3.63) is 11.4 Å². The van der Waals surface area contributed by atoms with Crippen molar-refractivity contribution >= 4 is 17.5 Å². The van der Waals surface area contributed by atoms with Crippen molar-refractivity contribution in [1.29, 1.82) is 0 Å². The fraction of sp³-hybridized carbons (Fsp3) is 0.615. The van der Waals surface area contributed by atoms with Gasteiger partial charge < -0.3 is 16.0 Å². The largest absolute Gasteiger partial charge is 0.373 e. The quantitative estimate of drug-likeness (QED) is 0.693. The Balaban J connectivity index is 2.79. The van der Waals surface area contributed by atoms with Crippen molar-refractivity contribution in [3.63, 3.8) is 0 Å². The fourth-order valence-electron chi connectivity index (χ4n) is 1.73. The Kier molecular flexibility index (Phi) is 6.05. The molecule has 0 atom stereocenters. The van der Waals surface area contributed by atoms with Gasteiger partial charge in [-0.1, -0.05) is 6.92 Å². The van der Waals surface area contributed by atoms with Crippen LogP contribution in [0.15, 0.2) is 0 Å². The molecule has 0 aliphatic heterocycles. The van der Waals surface area contributed by atoms with E-state index in [4.69, 9.17) is 0 Å². The summed E-state index contributed by atoms with van der Waals surface area (Å²) in [7, 11) is 3.48. The standard InChI is InChI=1S/C13H23N5O/c1-5-6-10-17-12(15-4)9(2)13(18-10)16-8-7-11(19)14-3/h5-8H2,1-4H3,(H,14,19)(H2,15,16,17,18). The van der Waals surface area contributed by atoms with Crippen LogP contribution in [0.25, 0.3) is 0 Å². The van der Waals surface area contributed by atoms with E-state index in [1.165, 1.54) is 0 Å². The molecule has 1 aromatic heterocycles. The van der Waals surface area contributed by atoms with Crippen LogP contribution in [0.3, 0.4) is 0 Å². The average Bonchev–Trinajstić information content (AvgIpc) is 2.41. The molecular formula is C13H23N5O. The van der Waals surface area contributed by atoms with Crippen LogP contribution in [0, 0.1) is 6.92 Å². The molecule has 0 saturated carbocycles. The van der Waals surface area contributed by atoms with Gasteiger partial charge in [-0.15, -0.1) is 0 Å². The zero-order chi connectivity index (χ0) is 14.3. The Morgan fingerprint density at radius 3 is 2.47 bits per heavy atom. The van der Waals surface area contributed by atoms with Crippen LogP contribution in [0.4, 0.5) is 11.6 Å². The second kappa shape index (κ2) is 7.56. The van der Waals surface area contributed by atoms with Gasteiger partial charge in [0.2, 0.25) is 5.91 Å². The van der Waals surface area contributed by atoms with Gasteiger partial charge in [0.15, 0.2) is 0 Å². The first-order valence-electron chi connectivity index (χ1n) is 6.62. The number of aromatic nitrogens is 2. The van der Waals surface area contributed by atoms with E-state index in [1.54, 1.807) is 7.05 Å². The predicted molar refractivity (Wildman–Crippen MR) is 77.5 cm³/mol. The summed E-state index contributed by atoms with van der Waals surface area (Å²) in [4.78, 5) is 20.1. The van der Waals surface area contributed by atoms with E-state index < -0.39 is 0 Å². The van der Waals surface area contributed by atoms with Crippen molar-refractivity contribution in [3.8, 4) is 0 Å². The molecule has 1 heterocycles. The highest BCUT2D eigenvalue weighted by Crippen LogP contribution is 2.19. The molecule has 1 amide bonds. The molecule has 0 unspecified atom stereocenters. The maximum atomic E-state index is 11.2. The van der Waals surface area contributed by atoms with E-state index in [0.717, 1.165) is 35.9 Å². The smallest absolute Gasteiger partial charge is 0.221 e. The molecule has 6 nitrogen and oxygen atoms in total. The molecule has 0 spiro atoms. The zero-order valence-electron chi connectivity index (χ0n) is 12.1. The van der Waals surface area contributed by atoms with Gasteiger partial charge in [0.1, 0.15) is 17.5 Å². The summed E-state index contributed by atoms with van der Waals surface area (Å²) >= 11 is 0. The Bertz CT molecular complexity index is 433. The minimum atomic E-state index is 0.0156. The molecule has 19 heavy (non-hydrogen) atoms. The van der Waals surface area contributed by atoms with Crippen LogP contribution in [-0.2, 0) is 11.2 Å². The molecule has 1 rings (SSSR count). The molecule has 6 heteroatoms. The number of hydrogen-bond donors (Lipinski definition) is 3. The lowest BCUT2D eigenvalue weighted by Gasteiger charge is -2.13. The van der Waals surface area contributed by atoms with Gasteiger partial charge in [0.25, 0.3) is 0 Å². The third-order valence-corrected chi connectivity index (χ3v) is 2.83. The number of carbonyl (C=O) groups is 1.